The Hall–Kier alpha value is -4.84. The fourth-order valence-electron chi connectivity index (χ4n) is 3.93. The van der Waals surface area contributed by atoms with Gasteiger partial charge in [-0.05, 0) is 26.0 Å². The van der Waals surface area contributed by atoms with Gasteiger partial charge in [-0.1, -0.05) is 6.07 Å². The maximum Gasteiger partial charge on any atom is 0.374 e. The quantitative estimate of drug-likeness (QED) is 0.265. The molecule has 0 radical (unpaired) electrons. The molecule has 216 valence electrons. The van der Waals surface area contributed by atoms with Gasteiger partial charge in [0.05, 0.1) is 13.2 Å². The average Bonchev–Trinajstić information content (AvgIpc) is 2.94. The first-order valence-electron chi connectivity index (χ1n) is 12.8. The number of aliphatic hydroxyl groups is 1. The number of anilines is 1. The number of benzene rings is 2. The molecule has 1 atom stereocenters. The zero-order valence-electron chi connectivity index (χ0n) is 22.9. The van der Waals surface area contributed by atoms with Gasteiger partial charge in [-0.2, -0.15) is 0 Å². The Bertz CT molecular complexity index is 1700. The van der Waals surface area contributed by atoms with Crippen molar-refractivity contribution >= 4 is 39.6 Å². The number of carbonyl (C=O) groups excluding carboxylic acids is 2. The lowest BCUT2D eigenvalue weighted by molar-refractivity contribution is 0.0482. The lowest BCUT2D eigenvalue weighted by Gasteiger charge is -2.18. The number of carbonyl (C=O) groups is 2. The van der Waals surface area contributed by atoms with E-state index >= 15 is 0 Å². The second kappa shape index (κ2) is 12.6. The lowest BCUT2D eigenvalue weighted by atomic mass is 10.1. The van der Waals surface area contributed by atoms with Crippen LogP contribution >= 0.6 is 0 Å². The number of ether oxygens (including phenoxy) is 4. The molecule has 2 heterocycles. The van der Waals surface area contributed by atoms with E-state index in [1.54, 1.807) is 51.0 Å². The summed E-state index contributed by atoms with van der Waals surface area (Å²) in [5.74, 6) is -1.74. The van der Waals surface area contributed by atoms with Crippen LogP contribution in [0.4, 0.5) is 5.69 Å². The smallest absolute Gasteiger partial charge is 0.374 e. The second-order valence-corrected chi connectivity index (χ2v) is 9.01. The van der Waals surface area contributed by atoms with Crippen LogP contribution in [0, 0.1) is 0 Å². The molecule has 12 heteroatoms. The number of esters is 2. The Balaban J connectivity index is 1.54. The molecule has 0 amide bonds. The van der Waals surface area contributed by atoms with Gasteiger partial charge >= 0.3 is 11.9 Å². The predicted octanol–water partition coefficient (Wildman–Crippen LogP) is 3.14. The fraction of sp³-hybridized carbons (Fsp3) is 0.310. The highest BCUT2D eigenvalue weighted by atomic mass is 16.6. The molecule has 0 aliphatic heterocycles. The highest BCUT2D eigenvalue weighted by molar-refractivity contribution is 5.92. The highest BCUT2D eigenvalue weighted by Gasteiger charge is 2.20. The van der Waals surface area contributed by atoms with E-state index < -0.39 is 28.9 Å². The van der Waals surface area contributed by atoms with Crippen molar-refractivity contribution in [1.82, 2.24) is 0 Å². The van der Waals surface area contributed by atoms with Gasteiger partial charge < -0.3 is 37.8 Å². The molecule has 0 aliphatic carbocycles. The summed E-state index contributed by atoms with van der Waals surface area (Å²) in [6.07, 6.45) is -1.18. The van der Waals surface area contributed by atoms with Crippen LogP contribution in [0.3, 0.4) is 0 Å². The van der Waals surface area contributed by atoms with Gasteiger partial charge in [0, 0.05) is 44.0 Å². The van der Waals surface area contributed by atoms with Gasteiger partial charge in [0.2, 0.25) is 11.5 Å². The minimum Gasteiger partial charge on any atom is -0.490 e. The summed E-state index contributed by atoms with van der Waals surface area (Å²) in [7, 11) is 3.55. The van der Waals surface area contributed by atoms with Crippen LogP contribution in [0.2, 0.25) is 0 Å². The van der Waals surface area contributed by atoms with Gasteiger partial charge in [-0.25, -0.2) is 9.59 Å². The largest absolute Gasteiger partial charge is 0.490 e. The maximum atomic E-state index is 12.9. The molecule has 41 heavy (non-hydrogen) atoms. The third-order valence-corrected chi connectivity index (χ3v) is 5.83. The minimum atomic E-state index is -1.18. The molecular formula is C29H29NO11. The number of hydrogen-bond acceptors (Lipinski definition) is 12. The van der Waals surface area contributed by atoms with Crippen molar-refractivity contribution in [2.24, 2.45) is 0 Å². The number of nitrogens with zero attached hydrogens (tertiary/aromatic N) is 1. The Labute approximate surface area is 233 Å². The van der Waals surface area contributed by atoms with E-state index in [1.807, 2.05) is 0 Å². The van der Waals surface area contributed by atoms with Crippen molar-refractivity contribution in [3.63, 3.8) is 0 Å². The Morgan fingerprint density at radius 1 is 0.805 bits per heavy atom. The molecule has 1 unspecified atom stereocenters. The normalized spacial score (nSPS) is 11.7. The molecule has 0 bridgehead atoms. The molecular weight excluding hydrogens is 538 g/mol. The van der Waals surface area contributed by atoms with Crippen molar-refractivity contribution < 1.29 is 42.5 Å². The maximum absolute atomic E-state index is 12.9. The van der Waals surface area contributed by atoms with Gasteiger partial charge in [0.25, 0.3) is 0 Å². The van der Waals surface area contributed by atoms with E-state index in [-0.39, 0.29) is 71.4 Å². The standard InChI is InChI=1S/C29H29NO11/c1-5-36-28(34)24-12-18(32)26-20(8-7-9-21(26)40-24)38-14-17(31)15-39-22-10-16(30(3)4)11-23-27(22)19(33)13-25(41-23)29(35)37-6-2/h7-13,17,31H,5-6,14-15H2,1-4H3. The summed E-state index contributed by atoms with van der Waals surface area (Å²) in [6, 6.07) is 9.85. The van der Waals surface area contributed by atoms with Crippen molar-refractivity contribution in [1.29, 1.82) is 0 Å². The lowest BCUT2D eigenvalue weighted by Crippen LogP contribution is -2.26. The molecule has 0 fully saturated rings. The van der Waals surface area contributed by atoms with E-state index in [0.717, 1.165) is 12.1 Å². The van der Waals surface area contributed by atoms with Crippen LogP contribution in [-0.4, -0.2) is 63.7 Å². The summed E-state index contributed by atoms with van der Waals surface area (Å²) < 4.78 is 32.5. The highest BCUT2D eigenvalue weighted by Crippen LogP contribution is 2.30. The first-order chi connectivity index (χ1) is 19.6. The molecule has 1 N–H and O–H groups in total. The SMILES string of the molecule is CCOC(=O)c1cc(=O)c2c(OCC(O)COc3cc(N(C)C)cc4oc(C(=O)OCC)cc(=O)c34)cccc2o1. The van der Waals surface area contributed by atoms with Gasteiger partial charge in [0.15, 0.2) is 10.9 Å². The monoisotopic (exact) mass is 567 g/mol. The van der Waals surface area contributed by atoms with Gasteiger partial charge in [-0.15, -0.1) is 0 Å². The molecule has 0 saturated heterocycles. The molecule has 4 aromatic rings. The first-order valence-corrected chi connectivity index (χ1v) is 12.8. The minimum absolute atomic E-state index is 0.0841. The Morgan fingerprint density at radius 2 is 1.34 bits per heavy atom. The number of fused-ring (bicyclic) bond motifs is 2. The van der Waals surface area contributed by atoms with Crippen molar-refractivity contribution in [3.05, 3.63) is 74.4 Å². The van der Waals surface area contributed by atoms with Crippen molar-refractivity contribution in [2.45, 2.75) is 20.0 Å². The summed E-state index contributed by atoms with van der Waals surface area (Å²) in [6.45, 7) is 2.96. The third kappa shape index (κ3) is 6.49. The molecule has 0 spiro atoms. The first kappa shape index (κ1) is 29.2. The predicted molar refractivity (Wildman–Crippen MR) is 148 cm³/mol. The molecule has 0 aliphatic rings. The Morgan fingerprint density at radius 3 is 1.90 bits per heavy atom. The van der Waals surface area contributed by atoms with Crippen LogP contribution in [0.25, 0.3) is 21.9 Å². The summed E-state index contributed by atoms with van der Waals surface area (Å²) in [5.41, 5.74) is -0.199. The van der Waals surface area contributed by atoms with Crippen LogP contribution in [0.1, 0.15) is 35.0 Å². The van der Waals surface area contributed by atoms with Crippen LogP contribution < -0.4 is 25.2 Å². The average molecular weight is 568 g/mol. The Kier molecular flexibility index (Phi) is 8.93. The fourth-order valence-corrected chi connectivity index (χ4v) is 3.93. The summed E-state index contributed by atoms with van der Waals surface area (Å²) in [5, 5.41) is 10.8. The van der Waals surface area contributed by atoms with Crippen molar-refractivity contribution in [3.8, 4) is 11.5 Å². The molecule has 4 rings (SSSR count). The zero-order chi connectivity index (χ0) is 29.7. The van der Waals surface area contributed by atoms with Crippen LogP contribution in [-0.2, 0) is 9.47 Å². The molecule has 2 aromatic heterocycles. The topological polar surface area (TPSA) is 155 Å². The van der Waals surface area contributed by atoms with Gasteiger partial charge in [-0.3, -0.25) is 9.59 Å². The van der Waals surface area contributed by atoms with Gasteiger partial charge in [0.1, 0.15) is 52.8 Å². The van der Waals surface area contributed by atoms with Crippen LogP contribution in [0.15, 0.2) is 60.9 Å². The number of aliphatic hydroxyl groups excluding tert-OH is 1. The zero-order valence-corrected chi connectivity index (χ0v) is 22.9. The number of rotatable bonds is 11. The van der Waals surface area contributed by atoms with E-state index in [4.69, 9.17) is 27.8 Å². The van der Waals surface area contributed by atoms with Crippen molar-refractivity contribution in [2.75, 3.05) is 45.4 Å². The van der Waals surface area contributed by atoms with Crippen LogP contribution in [0.5, 0.6) is 11.5 Å². The van der Waals surface area contributed by atoms with E-state index in [0.29, 0.717) is 5.69 Å². The molecule has 2 aromatic carbocycles. The third-order valence-electron chi connectivity index (χ3n) is 5.83. The van der Waals surface area contributed by atoms with E-state index in [9.17, 15) is 24.3 Å². The summed E-state index contributed by atoms with van der Waals surface area (Å²) in [4.78, 5) is 51.5. The second-order valence-electron chi connectivity index (χ2n) is 9.01. The summed E-state index contributed by atoms with van der Waals surface area (Å²) >= 11 is 0. The van der Waals surface area contributed by atoms with E-state index in [2.05, 4.69) is 0 Å². The molecule has 0 saturated carbocycles. The molecule has 12 nitrogen and oxygen atoms in total. The van der Waals surface area contributed by atoms with E-state index in [1.165, 1.54) is 12.1 Å². The number of hydrogen-bond donors (Lipinski definition) is 1.